The van der Waals surface area contributed by atoms with Crippen LogP contribution in [0, 0.1) is 0 Å². The highest BCUT2D eigenvalue weighted by Gasteiger charge is 2.24. The van der Waals surface area contributed by atoms with E-state index in [1.807, 2.05) is 6.08 Å². The highest BCUT2D eigenvalue weighted by molar-refractivity contribution is 5.77. The summed E-state index contributed by atoms with van der Waals surface area (Å²) in [5.41, 5.74) is 0. The molecule has 1 amide bonds. The molecule has 0 heterocycles. The van der Waals surface area contributed by atoms with Crippen molar-refractivity contribution in [3.05, 3.63) is 60.8 Å². The molecule has 0 aromatic heterocycles. The van der Waals surface area contributed by atoms with E-state index in [1.165, 1.54) is 128 Å². The lowest BCUT2D eigenvalue weighted by molar-refractivity contribution is -0.150. The van der Waals surface area contributed by atoms with Crippen molar-refractivity contribution in [2.45, 2.75) is 270 Å². The average molecular weight is 854 g/mol. The molecular weight excluding hydrogens is 755 g/mol. The van der Waals surface area contributed by atoms with Crippen molar-refractivity contribution in [2.75, 3.05) is 6.61 Å². The Labute approximate surface area is 378 Å². The number of ether oxygens (including phenoxy) is 1. The topological polar surface area (TPSA) is 95.9 Å². The number of hydrogen-bond acceptors (Lipinski definition) is 5. The molecule has 0 spiro atoms. The number of unbranched alkanes of at least 4 members (excludes halogenated alkanes) is 24. The lowest BCUT2D eigenvalue weighted by atomic mass is 10.0. The van der Waals surface area contributed by atoms with Gasteiger partial charge in [0, 0.05) is 6.42 Å². The molecule has 0 bridgehead atoms. The van der Waals surface area contributed by atoms with E-state index in [9.17, 15) is 19.8 Å². The number of nitrogens with one attached hydrogen (secondary N) is 1. The van der Waals surface area contributed by atoms with E-state index in [2.05, 4.69) is 80.8 Å². The van der Waals surface area contributed by atoms with Crippen LogP contribution in [0.1, 0.15) is 252 Å². The monoisotopic (exact) mass is 854 g/mol. The Kier molecular flexibility index (Phi) is 46.6. The maximum Gasteiger partial charge on any atom is 0.306 e. The van der Waals surface area contributed by atoms with Gasteiger partial charge in [0.1, 0.15) is 6.10 Å². The Morgan fingerprint density at radius 1 is 0.492 bits per heavy atom. The van der Waals surface area contributed by atoms with Gasteiger partial charge in [-0.25, -0.2) is 0 Å². The predicted octanol–water partition coefficient (Wildman–Crippen LogP) is 15.6. The van der Waals surface area contributed by atoms with Gasteiger partial charge in [-0.15, -0.1) is 0 Å². The van der Waals surface area contributed by atoms with Crippen molar-refractivity contribution >= 4 is 11.9 Å². The number of rotatable bonds is 46. The number of carbonyl (C=O) groups excluding carboxylic acids is 2. The summed E-state index contributed by atoms with van der Waals surface area (Å²) in [5, 5.41) is 23.7. The fraction of sp³-hybridized carbons (Fsp3) is 0.782. The maximum atomic E-state index is 13.2. The molecule has 0 saturated carbocycles. The molecule has 354 valence electrons. The first-order valence-corrected chi connectivity index (χ1v) is 26.0. The summed E-state index contributed by atoms with van der Waals surface area (Å²) >= 11 is 0. The summed E-state index contributed by atoms with van der Waals surface area (Å²) < 4.78 is 5.89. The zero-order valence-electron chi connectivity index (χ0n) is 40.3. The number of aliphatic hydroxyl groups excluding tert-OH is 2. The van der Waals surface area contributed by atoms with E-state index < -0.39 is 18.2 Å². The number of esters is 1. The van der Waals surface area contributed by atoms with Crippen LogP contribution in [0.25, 0.3) is 0 Å². The zero-order valence-corrected chi connectivity index (χ0v) is 40.3. The molecule has 61 heavy (non-hydrogen) atoms. The molecule has 6 heteroatoms. The minimum Gasteiger partial charge on any atom is -0.462 e. The lowest BCUT2D eigenvalue weighted by Crippen LogP contribution is -2.46. The fourth-order valence-electron chi connectivity index (χ4n) is 7.72. The predicted molar refractivity (Wildman–Crippen MR) is 264 cm³/mol. The van der Waals surface area contributed by atoms with Crippen LogP contribution in [0.3, 0.4) is 0 Å². The molecule has 0 radical (unpaired) electrons. The summed E-state index contributed by atoms with van der Waals surface area (Å²) in [6.45, 7) is 6.36. The standard InChI is InChI=1S/C55H99NO5/c1-4-7-10-13-16-19-22-25-27-28-30-33-36-39-42-45-48-55(60)61-51(46-43-40-37-34-31-29-26-23-20-17-14-11-8-5-2)49-54(59)56-52(50-57)53(58)47-44-41-38-35-32-24-21-18-15-12-9-6-3/h7,10,16,19,25,27,30,33,39,42,51-53,57-58H,4-6,8-9,11-15,17-18,20-24,26,28-29,31-32,34-38,40-41,43-50H2,1-3H3,(H,56,59)/b10-7+,19-16+,27-25+,33-30+,42-39+. The van der Waals surface area contributed by atoms with Crippen molar-refractivity contribution in [3.8, 4) is 0 Å². The number of carbonyl (C=O) groups is 2. The zero-order chi connectivity index (χ0) is 44.5. The molecular formula is C55H99NO5. The van der Waals surface area contributed by atoms with Crippen molar-refractivity contribution in [1.82, 2.24) is 5.32 Å². The molecule has 0 rings (SSSR count). The fourth-order valence-corrected chi connectivity index (χ4v) is 7.72. The van der Waals surface area contributed by atoms with Crippen molar-refractivity contribution < 1.29 is 24.5 Å². The first-order chi connectivity index (χ1) is 30.0. The average Bonchev–Trinajstić information content (AvgIpc) is 3.25. The molecule has 3 atom stereocenters. The quantitative estimate of drug-likeness (QED) is 0.0322. The molecule has 0 aliphatic rings. The number of aliphatic hydroxyl groups is 2. The maximum absolute atomic E-state index is 13.2. The first kappa shape index (κ1) is 58.6. The van der Waals surface area contributed by atoms with Crippen LogP contribution in [0.5, 0.6) is 0 Å². The summed E-state index contributed by atoms with van der Waals surface area (Å²) in [5.74, 6) is -0.566. The SMILES string of the molecule is CC/C=C/C/C=C/C/C=C/C/C=C/C/C=C/CCC(=O)OC(CCCCCCCCCCCCCCCC)CC(=O)NC(CO)C(O)CCCCCCCCCCCCCC. The molecule has 0 aromatic rings. The van der Waals surface area contributed by atoms with Gasteiger partial charge in [-0.2, -0.15) is 0 Å². The molecule has 0 aliphatic heterocycles. The van der Waals surface area contributed by atoms with Crippen LogP contribution >= 0.6 is 0 Å². The van der Waals surface area contributed by atoms with Gasteiger partial charge in [-0.1, -0.05) is 242 Å². The van der Waals surface area contributed by atoms with E-state index in [4.69, 9.17) is 4.74 Å². The van der Waals surface area contributed by atoms with Gasteiger partial charge in [0.2, 0.25) is 5.91 Å². The van der Waals surface area contributed by atoms with Crippen LogP contribution < -0.4 is 5.32 Å². The second-order valence-electron chi connectivity index (χ2n) is 17.5. The summed E-state index contributed by atoms with van der Waals surface area (Å²) in [4.78, 5) is 26.1. The normalized spacial score (nSPS) is 13.7. The molecule has 3 unspecified atom stereocenters. The smallest absolute Gasteiger partial charge is 0.306 e. The van der Waals surface area contributed by atoms with E-state index in [0.29, 0.717) is 19.3 Å². The van der Waals surface area contributed by atoms with Crippen LogP contribution in [0.2, 0.25) is 0 Å². The van der Waals surface area contributed by atoms with Crippen LogP contribution in [-0.4, -0.2) is 46.9 Å². The molecule has 0 aromatic carbocycles. The van der Waals surface area contributed by atoms with Gasteiger partial charge in [-0.3, -0.25) is 9.59 Å². The van der Waals surface area contributed by atoms with Crippen molar-refractivity contribution in [1.29, 1.82) is 0 Å². The Morgan fingerprint density at radius 3 is 1.25 bits per heavy atom. The molecule has 0 saturated heterocycles. The third kappa shape index (κ3) is 44.0. The summed E-state index contributed by atoms with van der Waals surface area (Å²) in [7, 11) is 0. The van der Waals surface area contributed by atoms with E-state index >= 15 is 0 Å². The van der Waals surface area contributed by atoms with E-state index in [-0.39, 0.29) is 31.3 Å². The molecule has 0 aliphatic carbocycles. The van der Waals surface area contributed by atoms with Gasteiger partial charge in [0.15, 0.2) is 0 Å². The molecule has 0 fully saturated rings. The van der Waals surface area contributed by atoms with Gasteiger partial charge < -0.3 is 20.3 Å². The Bertz CT molecular complexity index is 1090. The summed E-state index contributed by atoms with van der Waals surface area (Å²) in [6, 6.07) is -0.715. The molecule has 6 nitrogen and oxygen atoms in total. The van der Waals surface area contributed by atoms with Crippen LogP contribution in [-0.2, 0) is 14.3 Å². The van der Waals surface area contributed by atoms with Gasteiger partial charge >= 0.3 is 5.97 Å². The summed E-state index contributed by atoms with van der Waals surface area (Å²) in [6.07, 6.45) is 60.0. The first-order valence-electron chi connectivity index (χ1n) is 26.0. The molecule has 3 N–H and O–H groups in total. The van der Waals surface area contributed by atoms with Crippen molar-refractivity contribution in [3.63, 3.8) is 0 Å². The van der Waals surface area contributed by atoms with E-state index in [0.717, 1.165) is 70.6 Å². The van der Waals surface area contributed by atoms with Crippen molar-refractivity contribution in [2.24, 2.45) is 0 Å². The second-order valence-corrected chi connectivity index (χ2v) is 17.5. The number of amides is 1. The highest BCUT2D eigenvalue weighted by Crippen LogP contribution is 2.18. The van der Waals surface area contributed by atoms with Gasteiger partial charge in [0.05, 0.1) is 25.2 Å². The van der Waals surface area contributed by atoms with E-state index in [1.54, 1.807) is 0 Å². The van der Waals surface area contributed by atoms with Gasteiger partial charge in [-0.05, 0) is 57.8 Å². The Hall–Kier alpha value is -2.44. The minimum absolute atomic E-state index is 0.0493. The van der Waals surface area contributed by atoms with Crippen LogP contribution in [0.4, 0.5) is 0 Å². The number of hydrogen-bond donors (Lipinski definition) is 3. The number of allylic oxidation sites excluding steroid dienone is 10. The van der Waals surface area contributed by atoms with Gasteiger partial charge in [0.25, 0.3) is 0 Å². The highest BCUT2D eigenvalue weighted by atomic mass is 16.5. The lowest BCUT2D eigenvalue weighted by Gasteiger charge is -2.24. The Balaban J connectivity index is 4.68. The largest absolute Gasteiger partial charge is 0.462 e. The van der Waals surface area contributed by atoms with Crippen LogP contribution in [0.15, 0.2) is 60.8 Å². The third-order valence-electron chi connectivity index (χ3n) is 11.6. The Morgan fingerprint density at radius 2 is 0.852 bits per heavy atom. The minimum atomic E-state index is -0.799. The third-order valence-corrected chi connectivity index (χ3v) is 11.6. The second kappa shape index (κ2) is 48.6.